The molecule has 0 radical (unpaired) electrons. The van der Waals surface area contributed by atoms with Crippen molar-refractivity contribution in [3.05, 3.63) is 107 Å². The minimum Gasteiger partial charge on any atom is -0.454 e. The van der Waals surface area contributed by atoms with E-state index in [-0.39, 0.29) is 18.5 Å². The lowest BCUT2D eigenvalue weighted by Gasteiger charge is -2.29. The Hall–Kier alpha value is -3.64. The summed E-state index contributed by atoms with van der Waals surface area (Å²) in [5, 5.41) is 2.97. The van der Waals surface area contributed by atoms with Crippen molar-refractivity contribution in [1.29, 1.82) is 0 Å². The van der Waals surface area contributed by atoms with Gasteiger partial charge in [-0.25, -0.2) is 0 Å². The van der Waals surface area contributed by atoms with Crippen LogP contribution >= 0.6 is 11.6 Å². The van der Waals surface area contributed by atoms with Gasteiger partial charge in [-0.05, 0) is 35.4 Å². The lowest BCUT2D eigenvalue weighted by molar-refractivity contribution is -0.151. The Balaban J connectivity index is 1.57. The average molecular weight is 451 g/mol. The van der Waals surface area contributed by atoms with Gasteiger partial charge in [-0.1, -0.05) is 72.3 Å². The summed E-state index contributed by atoms with van der Waals surface area (Å²) in [6.45, 7) is -0.776. The smallest absolute Gasteiger partial charge is 0.325 e. The van der Waals surface area contributed by atoms with Crippen LogP contribution in [0, 0.1) is 0 Å². The van der Waals surface area contributed by atoms with Crippen molar-refractivity contribution in [1.82, 2.24) is 10.2 Å². The van der Waals surface area contributed by atoms with Gasteiger partial charge in [-0.15, -0.1) is 0 Å². The molecule has 7 heteroatoms. The predicted octanol–water partition coefficient (Wildman–Crippen LogP) is 3.86. The van der Waals surface area contributed by atoms with Gasteiger partial charge >= 0.3 is 5.97 Å². The Morgan fingerprint density at radius 3 is 1.94 bits per heavy atom. The SMILES string of the molecule is CN(C(=O)COC(=O)CNC(=O)c1ccc(Cl)cc1)C(c1ccccc1)c1ccccc1. The number of carbonyl (C=O) groups excluding carboxylic acids is 3. The topological polar surface area (TPSA) is 75.7 Å². The van der Waals surface area contributed by atoms with Gasteiger partial charge in [0.2, 0.25) is 0 Å². The Morgan fingerprint density at radius 2 is 1.41 bits per heavy atom. The van der Waals surface area contributed by atoms with Crippen LogP contribution in [0.25, 0.3) is 0 Å². The Morgan fingerprint density at radius 1 is 0.875 bits per heavy atom. The first-order chi connectivity index (χ1) is 15.5. The van der Waals surface area contributed by atoms with Gasteiger partial charge in [0.1, 0.15) is 6.54 Å². The first kappa shape index (κ1) is 23.0. The molecule has 164 valence electrons. The van der Waals surface area contributed by atoms with E-state index in [0.717, 1.165) is 11.1 Å². The molecule has 0 aliphatic heterocycles. The Labute approximate surface area is 191 Å². The molecule has 3 rings (SSSR count). The maximum Gasteiger partial charge on any atom is 0.325 e. The third-order valence-electron chi connectivity index (χ3n) is 4.87. The first-order valence-electron chi connectivity index (χ1n) is 10.0. The van der Waals surface area contributed by atoms with Crippen LogP contribution in [-0.4, -0.2) is 42.9 Å². The van der Waals surface area contributed by atoms with E-state index in [1.165, 1.54) is 0 Å². The van der Waals surface area contributed by atoms with E-state index < -0.39 is 18.5 Å². The number of rotatable bonds is 8. The Bertz CT molecular complexity index is 1020. The number of halogens is 1. The molecule has 0 heterocycles. The molecule has 0 spiro atoms. The van der Waals surface area contributed by atoms with Gasteiger partial charge in [0.05, 0.1) is 6.04 Å². The third-order valence-corrected chi connectivity index (χ3v) is 5.12. The van der Waals surface area contributed by atoms with Crippen molar-refractivity contribution >= 4 is 29.4 Å². The molecule has 0 saturated carbocycles. The minimum atomic E-state index is -0.704. The van der Waals surface area contributed by atoms with Crippen molar-refractivity contribution in [3.8, 4) is 0 Å². The quantitative estimate of drug-likeness (QED) is 0.529. The fraction of sp³-hybridized carbons (Fsp3) is 0.160. The first-order valence-corrected chi connectivity index (χ1v) is 10.4. The van der Waals surface area contributed by atoms with Gasteiger partial charge in [-0.2, -0.15) is 0 Å². The summed E-state index contributed by atoms with van der Waals surface area (Å²) in [7, 11) is 1.67. The van der Waals surface area contributed by atoms with Crippen LogP contribution in [0.15, 0.2) is 84.9 Å². The molecule has 0 aliphatic rings. The van der Waals surface area contributed by atoms with E-state index in [0.29, 0.717) is 10.6 Å². The number of hydrogen-bond donors (Lipinski definition) is 1. The van der Waals surface area contributed by atoms with Crippen LogP contribution in [0.2, 0.25) is 5.02 Å². The maximum absolute atomic E-state index is 12.8. The second-order valence-corrected chi connectivity index (χ2v) is 7.52. The summed E-state index contributed by atoms with van der Waals surface area (Å²) in [4.78, 5) is 38.4. The van der Waals surface area contributed by atoms with Crippen LogP contribution in [0.4, 0.5) is 0 Å². The molecule has 6 nitrogen and oxygen atoms in total. The number of likely N-dealkylation sites (N-methyl/N-ethyl adjacent to an activating group) is 1. The van der Waals surface area contributed by atoms with Crippen LogP contribution in [-0.2, 0) is 14.3 Å². The standard InChI is InChI=1S/C25H23ClN2O4/c1-28(24(18-8-4-2-5-9-18)19-10-6-3-7-11-19)22(29)17-32-23(30)16-27-25(31)20-12-14-21(26)15-13-20/h2-15,24H,16-17H2,1H3,(H,27,31). The molecule has 3 aromatic carbocycles. The number of ether oxygens (including phenoxy) is 1. The molecule has 0 aromatic heterocycles. The number of carbonyl (C=O) groups is 3. The largest absolute Gasteiger partial charge is 0.454 e. The summed E-state index contributed by atoms with van der Waals surface area (Å²) in [6, 6.07) is 25.2. The van der Waals surface area contributed by atoms with Crippen LogP contribution in [0.3, 0.4) is 0 Å². The summed E-state index contributed by atoms with van der Waals surface area (Å²) in [5.74, 6) is -1.50. The number of amides is 2. The lowest BCUT2D eigenvalue weighted by atomic mass is 9.97. The van der Waals surface area contributed by atoms with Gasteiger partial charge in [0.25, 0.3) is 11.8 Å². The molecule has 0 fully saturated rings. The molecular formula is C25H23ClN2O4. The number of benzene rings is 3. The summed E-state index contributed by atoms with van der Waals surface area (Å²) in [6.07, 6.45) is 0. The fourth-order valence-corrected chi connectivity index (χ4v) is 3.33. The van der Waals surface area contributed by atoms with Crippen LogP contribution < -0.4 is 5.32 Å². The van der Waals surface area contributed by atoms with E-state index in [9.17, 15) is 14.4 Å². The zero-order valence-electron chi connectivity index (χ0n) is 17.5. The highest BCUT2D eigenvalue weighted by atomic mass is 35.5. The fourth-order valence-electron chi connectivity index (χ4n) is 3.21. The van der Waals surface area contributed by atoms with Gasteiger partial charge in [0, 0.05) is 17.6 Å². The van der Waals surface area contributed by atoms with Crippen LogP contribution in [0.5, 0.6) is 0 Å². The highest BCUT2D eigenvalue weighted by Crippen LogP contribution is 2.27. The Kier molecular flexibility index (Phi) is 8.00. The molecule has 0 unspecified atom stereocenters. The molecule has 0 aliphatic carbocycles. The van der Waals surface area contributed by atoms with Crippen molar-refractivity contribution in [2.45, 2.75) is 6.04 Å². The number of nitrogens with one attached hydrogen (secondary N) is 1. The van der Waals surface area contributed by atoms with E-state index in [2.05, 4.69) is 5.32 Å². The molecule has 0 bridgehead atoms. The molecule has 1 N–H and O–H groups in total. The van der Waals surface area contributed by atoms with Crippen molar-refractivity contribution in [3.63, 3.8) is 0 Å². The van der Waals surface area contributed by atoms with Gasteiger partial charge in [-0.3, -0.25) is 14.4 Å². The van der Waals surface area contributed by atoms with Crippen LogP contribution in [0.1, 0.15) is 27.5 Å². The molecule has 3 aromatic rings. The average Bonchev–Trinajstić information content (AvgIpc) is 2.83. The maximum atomic E-state index is 12.8. The zero-order valence-corrected chi connectivity index (χ0v) is 18.3. The minimum absolute atomic E-state index is 0.326. The van der Waals surface area contributed by atoms with Gasteiger partial charge in [0.15, 0.2) is 6.61 Å². The predicted molar refractivity (Wildman–Crippen MR) is 122 cm³/mol. The molecule has 2 amide bonds. The molecule has 0 atom stereocenters. The van der Waals surface area contributed by atoms with Gasteiger partial charge < -0.3 is 15.0 Å². The van der Waals surface area contributed by atoms with Crippen molar-refractivity contribution < 1.29 is 19.1 Å². The van der Waals surface area contributed by atoms with Crippen molar-refractivity contribution in [2.24, 2.45) is 0 Å². The van der Waals surface area contributed by atoms with E-state index in [4.69, 9.17) is 16.3 Å². The zero-order chi connectivity index (χ0) is 22.9. The number of nitrogens with zero attached hydrogens (tertiary/aromatic N) is 1. The van der Waals surface area contributed by atoms with E-state index in [1.54, 1.807) is 36.2 Å². The second-order valence-electron chi connectivity index (χ2n) is 7.08. The van der Waals surface area contributed by atoms with E-state index in [1.807, 2.05) is 60.7 Å². The molecule has 32 heavy (non-hydrogen) atoms. The summed E-state index contributed by atoms with van der Waals surface area (Å²) in [5.41, 5.74) is 2.25. The molecule has 0 saturated heterocycles. The normalized spacial score (nSPS) is 10.5. The summed E-state index contributed by atoms with van der Waals surface area (Å²) >= 11 is 5.80. The van der Waals surface area contributed by atoms with Crippen molar-refractivity contribution in [2.75, 3.05) is 20.2 Å². The lowest BCUT2D eigenvalue weighted by Crippen LogP contribution is -2.37. The monoisotopic (exact) mass is 450 g/mol. The highest BCUT2D eigenvalue weighted by molar-refractivity contribution is 6.30. The second kappa shape index (κ2) is 11.1. The number of hydrogen-bond acceptors (Lipinski definition) is 4. The summed E-state index contributed by atoms with van der Waals surface area (Å²) < 4.78 is 5.09. The van der Waals surface area contributed by atoms with E-state index >= 15 is 0 Å². The number of esters is 1. The molecular weight excluding hydrogens is 428 g/mol. The highest BCUT2D eigenvalue weighted by Gasteiger charge is 2.24. The third kappa shape index (κ3) is 6.18.